The smallest absolute Gasteiger partial charge is 0.137 e. The van der Waals surface area contributed by atoms with E-state index in [1.54, 1.807) is 14.2 Å². The summed E-state index contributed by atoms with van der Waals surface area (Å²) in [7, 11) is 5.26. The molecular weight excluding hydrogens is 286 g/mol. The number of likely N-dealkylation sites (N-methyl/N-ethyl adjacent to an activating group) is 1. The molecule has 0 saturated heterocycles. The molecule has 1 unspecified atom stereocenters. The number of methoxy groups -OCH3 is 2. The summed E-state index contributed by atoms with van der Waals surface area (Å²) in [5.41, 5.74) is 2.29. The van der Waals surface area contributed by atoms with Crippen molar-refractivity contribution in [2.24, 2.45) is 0 Å². The van der Waals surface area contributed by atoms with E-state index in [1.165, 1.54) is 0 Å². The quantitative estimate of drug-likeness (QED) is 0.879. The van der Waals surface area contributed by atoms with Crippen LogP contribution in [0.1, 0.15) is 17.2 Å². The van der Waals surface area contributed by atoms with Crippen molar-refractivity contribution in [1.82, 2.24) is 5.32 Å². The van der Waals surface area contributed by atoms with Crippen molar-refractivity contribution in [2.75, 3.05) is 21.3 Å². The number of benzene rings is 2. The van der Waals surface area contributed by atoms with E-state index in [-0.39, 0.29) is 6.04 Å². The molecule has 4 heteroatoms. The molecule has 21 heavy (non-hydrogen) atoms. The molecule has 0 amide bonds. The number of para-hydroxylation sites is 1. The van der Waals surface area contributed by atoms with E-state index in [0.717, 1.165) is 23.3 Å². The zero-order chi connectivity index (χ0) is 15.2. The molecule has 0 radical (unpaired) electrons. The van der Waals surface area contributed by atoms with Crippen LogP contribution in [-0.2, 0) is 6.42 Å². The SMILES string of the molecule is CNC(Cc1ccccc1OC)c1ccc(Cl)c(OC)c1. The van der Waals surface area contributed by atoms with E-state index in [4.69, 9.17) is 21.1 Å². The highest BCUT2D eigenvalue weighted by Gasteiger charge is 2.14. The van der Waals surface area contributed by atoms with Gasteiger partial charge in [-0.05, 0) is 42.8 Å². The van der Waals surface area contributed by atoms with Crippen molar-refractivity contribution >= 4 is 11.6 Å². The monoisotopic (exact) mass is 305 g/mol. The van der Waals surface area contributed by atoms with Gasteiger partial charge in [-0.15, -0.1) is 0 Å². The van der Waals surface area contributed by atoms with Crippen LogP contribution < -0.4 is 14.8 Å². The van der Waals surface area contributed by atoms with E-state index in [1.807, 2.05) is 43.4 Å². The third-order valence-electron chi connectivity index (χ3n) is 3.54. The summed E-state index contributed by atoms with van der Waals surface area (Å²) in [5, 5.41) is 3.95. The van der Waals surface area contributed by atoms with Crippen molar-refractivity contribution < 1.29 is 9.47 Å². The highest BCUT2D eigenvalue weighted by Crippen LogP contribution is 2.30. The Labute approximate surface area is 130 Å². The van der Waals surface area contributed by atoms with E-state index in [2.05, 4.69) is 11.4 Å². The van der Waals surface area contributed by atoms with Crippen LogP contribution >= 0.6 is 11.6 Å². The Morgan fingerprint density at radius 3 is 2.43 bits per heavy atom. The lowest BCUT2D eigenvalue weighted by Gasteiger charge is -2.19. The minimum atomic E-state index is 0.160. The van der Waals surface area contributed by atoms with E-state index in [0.29, 0.717) is 10.8 Å². The van der Waals surface area contributed by atoms with Gasteiger partial charge >= 0.3 is 0 Å². The molecular formula is C17H20ClNO2. The fourth-order valence-corrected chi connectivity index (χ4v) is 2.57. The van der Waals surface area contributed by atoms with Gasteiger partial charge in [0.2, 0.25) is 0 Å². The molecule has 2 aromatic carbocycles. The lowest BCUT2D eigenvalue weighted by molar-refractivity contribution is 0.405. The molecule has 1 N–H and O–H groups in total. The van der Waals surface area contributed by atoms with Crippen LogP contribution in [0.4, 0.5) is 0 Å². The zero-order valence-electron chi connectivity index (χ0n) is 12.5. The molecule has 112 valence electrons. The topological polar surface area (TPSA) is 30.5 Å². The molecule has 2 rings (SSSR count). The Morgan fingerprint density at radius 2 is 1.76 bits per heavy atom. The molecule has 0 aliphatic carbocycles. The van der Waals surface area contributed by atoms with Gasteiger partial charge in [-0.25, -0.2) is 0 Å². The van der Waals surface area contributed by atoms with Crippen molar-refractivity contribution in [2.45, 2.75) is 12.5 Å². The first-order chi connectivity index (χ1) is 10.2. The second-order valence-electron chi connectivity index (χ2n) is 4.75. The van der Waals surface area contributed by atoms with Crippen LogP contribution in [0.2, 0.25) is 5.02 Å². The predicted molar refractivity (Wildman–Crippen MR) is 86.5 cm³/mol. The first-order valence-electron chi connectivity index (χ1n) is 6.82. The second-order valence-corrected chi connectivity index (χ2v) is 5.16. The predicted octanol–water partition coefficient (Wildman–Crippen LogP) is 3.86. The Balaban J connectivity index is 2.27. The highest BCUT2D eigenvalue weighted by atomic mass is 35.5. The fraction of sp³-hybridized carbons (Fsp3) is 0.294. The number of rotatable bonds is 6. The largest absolute Gasteiger partial charge is 0.496 e. The summed E-state index contributed by atoms with van der Waals surface area (Å²) in [6.45, 7) is 0. The Hall–Kier alpha value is -1.71. The average molecular weight is 306 g/mol. The molecule has 3 nitrogen and oxygen atoms in total. The minimum Gasteiger partial charge on any atom is -0.496 e. The second kappa shape index (κ2) is 7.34. The molecule has 0 bridgehead atoms. The summed E-state index contributed by atoms with van der Waals surface area (Å²) >= 11 is 6.09. The van der Waals surface area contributed by atoms with Crippen molar-refractivity contribution in [3.63, 3.8) is 0 Å². The first kappa shape index (κ1) is 15.7. The van der Waals surface area contributed by atoms with E-state index in [9.17, 15) is 0 Å². The van der Waals surface area contributed by atoms with E-state index < -0.39 is 0 Å². The molecule has 0 heterocycles. The number of ether oxygens (including phenoxy) is 2. The van der Waals surface area contributed by atoms with Crippen molar-refractivity contribution in [3.05, 3.63) is 58.6 Å². The van der Waals surface area contributed by atoms with Gasteiger partial charge < -0.3 is 14.8 Å². The van der Waals surface area contributed by atoms with Gasteiger partial charge in [0.15, 0.2) is 0 Å². The average Bonchev–Trinajstić information content (AvgIpc) is 2.53. The molecule has 0 aliphatic rings. The van der Waals surface area contributed by atoms with Crippen LogP contribution in [0.15, 0.2) is 42.5 Å². The maximum atomic E-state index is 6.09. The number of nitrogens with one attached hydrogen (secondary N) is 1. The summed E-state index contributed by atoms with van der Waals surface area (Å²) in [4.78, 5) is 0. The number of halogens is 1. The molecule has 2 aromatic rings. The van der Waals surface area contributed by atoms with Crippen LogP contribution in [-0.4, -0.2) is 21.3 Å². The van der Waals surface area contributed by atoms with Gasteiger partial charge in [-0.3, -0.25) is 0 Å². The molecule has 0 fully saturated rings. The Morgan fingerprint density at radius 1 is 1.05 bits per heavy atom. The molecule has 0 aromatic heterocycles. The third kappa shape index (κ3) is 3.69. The lowest BCUT2D eigenvalue weighted by Crippen LogP contribution is -2.19. The molecule has 0 saturated carbocycles. The van der Waals surface area contributed by atoms with E-state index >= 15 is 0 Å². The zero-order valence-corrected chi connectivity index (χ0v) is 13.3. The maximum absolute atomic E-state index is 6.09. The summed E-state index contributed by atoms with van der Waals surface area (Å²) in [6, 6.07) is 14.1. The molecule has 1 atom stereocenters. The van der Waals surface area contributed by atoms with Crippen LogP contribution in [0.5, 0.6) is 11.5 Å². The van der Waals surface area contributed by atoms with Gasteiger partial charge in [0.05, 0.1) is 19.2 Å². The number of hydrogen-bond donors (Lipinski definition) is 1. The summed E-state index contributed by atoms with van der Waals surface area (Å²) < 4.78 is 10.7. The molecule has 0 spiro atoms. The maximum Gasteiger partial charge on any atom is 0.137 e. The fourth-order valence-electron chi connectivity index (χ4n) is 2.37. The molecule has 0 aliphatic heterocycles. The van der Waals surface area contributed by atoms with Gasteiger partial charge in [-0.1, -0.05) is 35.9 Å². The third-order valence-corrected chi connectivity index (χ3v) is 3.85. The van der Waals surface area contributed by atoms with Crippen molar-refractivity contribution in [3.8, 4) is 11.5 Å². The standard InChI is InChI=1S/C17H20ClNO2/c1-19-15(10-13-6-4-5-7-16(13)20-2)12-8-9-14(18)17(11-12)21-3/h4-9,11,15,19H,10H2,1-3H3. The highest BCUT2D eigenvalue weighted by molar-refractivity contribution is 6.32. The van der Waals surface area contributed by atoms with Gasteiger partial charge in [-0.2, -0.15) is 0 Å². The normalized spacial score (nSPS) is 12.0. The van der Waals surface area contributed by atoms with Gasteiger partial charge in [0.25, 0.3) is 0 Å². The van der Waals surface area contributed by atoms with Gasteiger partial charge in [0, 0.05) is 6.04 Å². The van der Waals surface area contributed by atoms with Crippen LogP contribution in [0.3, 0.4) is 0 Å². The lowest BCUT2D eigenvalue weighted by atomic mass is 9.98. The van der Waals surface area contributed by atoms with Gasteiger partial charge in [0.1, 0.15) is 11.5 Å². The van der Waals surface area contributed by atoms with Crippen LogP contribution in [0, 0.1) is 0 Å². The van der Waals surface area contributed by atoms with Crippen molar-refractivity contribution in [1.29, 1.82) is 0 Å². The first-order valence-corrected chi connectivity index (χ1v) is 7.20. The number of hydrogen-bond acceptors (Lipinski definition) is 3. The minimum absolute atomic E-state index is 0.160. The Bertz CT molecular complexity index is 601. The van der Waals surface area contributed by atoms with Crippen LogP contribution in [0.25, 0.3) is 0 Å². The summed E-state index contributed by atoms with van der Waals surface area (Å²) in [6.07, 6.45) is 0.825. The Kier molecular flexibility index (Phi) is 5.48. The summed E-state index contributed by atoms with van der Waals surface area (Å²) in [5.74, 6) is 1.59.